The highest BCUT2D eigenvalue weighted by Crippen LogP contribution is 2.41. The molecule has 0 saturated carbocycles. The maximum absolute atomic E-state index is 2.40. The summed E-state index contributed by atoms with van der Waals surface area (Å²) < 4.78 is 6.02. The predicted molar refractivity (Wildman–Crippen MR) is 244 cm³/mol. The van der Waals surface area contributed by atoms with Crippen molar-refractivity contribution in [1.82, 2.24) is 0 Å². The summed E-state index contributed by atoms with van der Waals surface area (Å²) >= 11 is 7.96. The Morgan fingerprint density at radius 1 is 0.404 bits per heavy atom. The molecule has 0 amide bonds. The third kappa shape index (κ3) is 13.1. The SMILES string of the molecule is CCCCCCCCCCCCc1c(/C=C/c2ccc(/C=C/c3sc4cc(C)sc4c3CCCCCCCCCCCC)cc2)sc2cc(C)sc12. The molecule has 0 spiro atoms. The van der Waals surface area contributed by atoms with Crippen LogP contribution in [0.25, 0.3) is 43.1 Å². The molecule has 0 radical (unpaired) electrons. The highest BCUT2D eigenvalue weighted by atomic mass is 32.1. The number of fused-ring (bicyclic) bond motifs is 2. The molecular formula is C48H66S4. The fourth-order valence-electron chi connectivity index (χ4n) is 7.52. The van der Waals surface area contributed by atoms with E-state index in [2.05, 4.69) is 88.4 Å². The summed E-state index contributed by atoms with van der Waals surface area (Å²) in [6.45, 7) is 9.13. The number of unbranched alkanes of at least 4 members (excludes halogenated alkanes) is 18. The highest BCUT2D eigenvalue weighted by Gasteiger charge is 2.14. The van der Waals surface area contributed by atoms with Gasteiger partial charge in [-0.2, -0.15) is 0 Å². The van der Waals surface area contributed by atoms with E-state index in [1.165, 1.54) is 191 Å². The van der Waals surface area contributed by atoms with Crippen LogP contribution in [0, 0.1) is 13.8 Å². The fourth-order valence-corrected chi connectivity index (χ4v) is 12.6. The summed E-state index contributed by atoms with van der Waals surface area (Å²) in [6, 6.07) is 14.0. The van der Waals surface area contributed by atoms with Gasteiger partial charge in [0.25, 0.3) is 0 Å². The van der Waals surface area contributed by atoms with E-state index in [1.54, 1.807) is 11.1 Å². The van der Waals surface area contributed by atoms with Crippen molar-refractivity contribution in [2.75, 3.05) is 0 Å². The minimum absolute atomic E-state index is 1.21. The van der Waals surface area contributed by atoms with E-state index in [4.69, 9.17) is 0 Å². The molecular weight excluding hydrogens is 705 g/mol. The van der Waals surface area contributed by atoms with Crippen LogP contribution in [0.15, 0.2) is 36.4 Å². The van der Waals surface area contributed by atoms with Crippen LogP contribution in [0.5, 0.6) is 0 Å². The Hall–Kier alpha value is -1.98. The Labute approximate surface area is 333 Å². The average Bonchev–Trinajstić information content (AvgIpc) is 3.87. The van der Waals surface area contributed by atoms with Gasteiger partial charge in [0, 0.05) is 38.3 Å². The summed E-state index contributed by atoms with van der Waals surface area (Å²) in [5.41, 5.74) is 5.74. The van der Waals surface area contributed by atoms with E-state index in [0.29, 0.717) is 0 Å². The minimum atomic E-state index is 1.21. The van der Waals surface area contributed by atoms with E-state index >= 15 is 0 Å². The molecule has 0 nitrogen and oxygen atoms in total. The summed E-state index contributed by atoms with van der Waals surface area (Å²) in [7, 11) is 0. The molecule has 0 atom stereocenters. The number of rotatable bonds is 26. The third-order valence-electron chi connectivity index (χ3n) is 10.6. The molecule has 0 N–H and O–H groups in total. The van der Waals surface area contributed by atoms with Gasteiger partial charge in [-0.25, -0.2) is 0 Å². The van der Waals surface area contributed by atoms with E-state index in [-0.39, 0.29) is 0 Å². The smallest absolute Gasteiger partial charge is 0.0491 e. The van der Waals surface area contributed by atoms with Crippen LogP contribution in [-0.4, -0.2) is 0 Å². The van der Waals surface area contributed by atoms with Crippen molar-refractivity contribution >= 4 is 88.5 Å². The van der Waals surface area contributed by atoms with Crippen molar-refractivity contribution in [3.8, 4) is 0 Å². The Bertz CT molecular complexity index is 1650. The molecule has 4 heterocycles. The topological polar surface area (TPSA) is 0 Å². The molecule has 0 aliphatic carbocycles. The lowest BCUT2D eigenvalue weighted by atomic mass is 10.0. The number of aryl methyl sites for hydroxylation is 4. The van der Waals surface area contributed by atoms with Gasteiger partial charge in [0.1, 0.15) is 0 Å². The van der Waals surface area contributed by atoms with Crippen LogP contribution in [0.3, 0.4) is 0 Å². The first kappa shape index (κ1) is 41.2. The molecule has 0 bridgehead atoms. The van der Waals surface area contributed by atoms with Crippen LogP contribution >= 0.6 is 45.3 Å². The Morgan fingerprint density at radius 3 is 1.08 bits per heavy atom. The molecule has 4 heteroatoms. The van der Waals surface area contributed by atoms with Gasteiger partial charge in [0.15, 0.2) is 0 Å². The molecule has 4 aromatic heterocycles. The molecule has 0 aliphatic rings. The van der Waals surface area contributed by atoms with E-state index < -0.39 is 0 Å². The van der Waals surface area contributed by atoms with Crippen molar-refractivity contribution < 1.29 is 0 Å². The van der Waals surface area contributed by atoms with Crippen LogP contribution in [0.2, 0.25) is 0 Å². The lowest BCUT2D eigenvalue weighted by Crippen LogP contribution is -1.87. The van der Waals surface area contributed by atoms with Crippen molar-refractivity contribution in [1.29, 1.82) is 0 Å². The zero-order chi connectivity index (χ0) is 36.4. The van der Waals surface area contributed by atoms with Crippen molar-refractivity contribution in [2.24, 2.45) is 0 Å². The molecule has 282 valence electrons. The Morgan fingerprint density at radius 2 is 0.731 bits per heavy atom. The van der Waals surface area contributed by atoms with Crippen LogP contribution in [0.1, 0.15) is 184 Å². The number of hydrogen-bond donors (Lipinski definition) is 0. The monoisotopic (exact) mass is 770 g/mol. The maximum Gasteiger partial charge on any atom is 0.0491 e. The Balaban J connectivity index is 1.13. The molecule has 52 heavy (non-hydrogen) atoms. The van der Waals surface area contributed by atoms with Crippen molar-refractivity contribution in [3.63, 3.8) is 0 Å². The van der Waals surface area contributed by atoms with Gasteiger partial charge in [0.05, 0.1) is 0 Å². The minimum Gasteiger partial charge on any atom is -0.139 e. The second-order valence-corrected chi connectivity index (χ2v) is 19.9. The van der Waals surface area contributed by atoms with Gasteiger partial charge in [0.2, 0.25) is 0 Å². The van der Waals surface area contributed by atoms with E-state index in [9.17, 15) is 0 Å². The van der Waals surface area contributed by atoms with Crippen LogP contribution in [-0.2, 0) is 12.8 Å². The zero-order valence-electron chi connectivity index (χ0n) is 33.0. The lowest BCUT2D eigenvalue weighted by molar-refractivity contribution is 0.556. The number of thiophene rings is 4. The summed E-state index contributed by atoms with van der Waals surface area (Å²) in [5, 5.41) is 0. The molecule has 1 aromatic carbocycles. The standard InChI is InChI=1S/C48H66S4/c1-5-7-9-11-13-15-17-19-21-23-25-41-43(51-45-35-37(3)49-47(41)45)33-31-39-27-29-40(30-28-39)32-34-44-42(48-46(52-44)36-38(4)50-48)26-24-22-20-18-16-14-12-10-8-6-2/h27-36H,5-26H2,1-4H3/b33-31+,34-32+. The van der Waals surface area contributed by atoms with Crippen LogP contribution < -0.4 is 0 Å². The first-order valence-corrected chi connectivity index (χ1v) is 24.3. The summed E-state index contributed by atoms with van der Waals surface area (Å²) in [5.74, 6) is 0. The lowest BCUT2D eigenvalue weighted by Gasteiger charge is -2.04. The normalized spacial score (nSPS) is 12.2. The van der Waals surface area contributed by atoms with Crippen LogP contribution in [0.4, 0.5) is 0 Å². The second-order valence-electron chi connectivity index (χ2n) is 15.2. The van der Waals surface area contributed by atoms with Gasteiger partial charge in [-0.1, -0.05) is 166 Å². The number of hydrogen-bond acceptors (Lipinski definition) is 4. The molecule has 5 rings (SSSR count). The fraction of sp³-hybridized carbons (Fsp3) is 0.542. The van der Waals surface area contributed by atoms with Gasteiger partial charge in [-0.15, -0.1) is 45.3 Å². The van der Waals surface area contributed by atoms with Gasteiger partial charge in [-0.05, 0) is 86.1 Å². The second kappa shape index (κ2) is 23.1. The maximum atomic E-state index is 2.40. The average molecular weight is 771 g/mol. The number of benzene rings is 1. The highest BCUT2D eigenvalue weighted by molar-refractivity contribution is 7.29. The molecule has 5 aromatic rings. The quantitative estimate of drug-likeness (QED) is 0.0491. The van der Waals surface area contributed by atoms with Gasteiger partial charge < -0.3 is 0 Å². The largest absolute Gasteiger partial charge is 0.139 e. The zero-order valence-corrected chi connectivity index (χ0v) is 36.2. The molecule has 0 saturated heterocycles. The van der Waals surface area contributed by atoms with Gasteiger partial charge in [-0.3, -0.25) is 0 Å². The Kier molecular flexibility index (Phi) is 18.3. The third-order valence-corrected chi connectivity index (χ3v) is 15.3. The first-order valence-electron chi connectivity index (χ1n) is 21.1. The van der Waals surface area contributed by atoms with Gasteiger partial charge >= 0.3 is 0 Å². The summed E-state index contributed by atoms with van der Waals surface area (Å²) in [6.07, 6.45) is 39.7. The first-order chi connectivity index (χ1) is 25.6. The van der Waals surface area contributed by atoms with Crippen molar-refractivity contribution in [2.45, 2.75) is 169 Å². The molecule has 0 fully saturated rings. The summed E-state index contributed by atoms with van der Waals surface area (Å²) in [4.78, 5) is 5.80. The molecule has 0 aliphatic heterocycles. The van der Waals surface area contributed by atoms with E-state index in [0.717, 1.165) is 0 Å². The van der Waals surface area contributed by atoms with E-state index in [1.807, 2.05) is 45.3 Å². The molecule has 0 unspecified atom stereocenters. The van der Waals surface area contributed by atoms with Crippen molar-refractivity contribution in [3.05, 3.63) is 78.2 Å². The predicted octanol–water partition coefficient (Wildman–Crippen LogP) is 18.1.